The van der Waals surface area contributed by atoms with Gasteiger partial charge in [-0.1, -0.05) is 0 Å². The molecule has 0 atom stereocenters. The molecule has 0 fully saturated rings. The first-order valence-electron chi connectivity index (χ1n) is 0.478. The topological polar surface area (TPSA) is 66.3 Å². The van der Waals surface area contributed by atoms with Gasteiger partial charge in [0.05, 0.1) is 0 Å². The monoisotopic (exact) mass is 216 g/mol. The van der Waals surface area contributed by atoms with E-state index in [2.05, 4.69) is 0 Å². The van der Waals surface area contributed by atoms with Crippen molar-refractivity contribution < 1.29 is 31.4 Å². The second-order valence-corrected chi connectivity index (χ2v) is 1.35. The molecule has 2 radical (unpaired) electrons. The zero-order valence-electron chi connectivity index (χ0n) is 2.35. The third-order valence-electron chi connectivity index (χ3n) is 0. The average molecular weight is 216 g/mol. The van der Waals surface area contributed by atoms with E-state index in [1.54, 1.807) is 0 Å². The van der Waals surface area contributed by atoms with Gasteiger partial charge in [-0.3, -0.25) is 0 Å². The van der Waals surface area contributed by atoms with E-state index in [4.69, 9.17) is 10.3 Å². The summed E-state index contributed by atoms with van der Waals surface area (Å²) in [5, 5.41) is 0. The van der Waals surface area contributed by atoms with Crippen molar-refractivity contribution in [3.8, 4) is 0 Å². The molecule has 0 aliphatic rings. The molecule has 0 aliphatic carbocycles. The molecule has 0 bridgehead atoms. The molecule has 28 valence electrons. The molecule has 5 heteroatoms. The fourth-order valence-electron chi connectivity index (χ4n) is 0. The van der Waals surface area contributed by atoms with Crippen LogP contribution >= 0.6 is 0 Å². The predicted octanol–water partition coefficient (Wildman–Crippen LogP) is -6.31. The van der Waals surface area contributed by atoms with Gasteiger partial charge in [0.1, 0.15) is 0 Å². The van der Waals surface area contributed by atoms with Crippen molar-refractivity contribution in [3.05, 3.63) is 0 Å². The second kappa shape index (κ2) is 5.87. The van der Waals surface area contributed by atoms with E-state index < -0.39 is 21.1 Å². The van der Waals surface area contributed by atoms with Crippen LogP contribution in [0.1, 0.15) is 0 Å². The fourth-order valence-corrected chi connectivity index (χ4v) is 0. The van der Waals surface area contributed by atoms with E-state index in [1.165, 1.54) is 0 Å². The van der Waals surface area contributed by atoms with Crippen LogP contribution in [0.15, 0.2) is 0 Å². The minimum absolute atomic E-state index is 0. The number of hydrogen-bond donors (Lipinski definition) is 1. The van der Waals surface area contributed by atoms with Gasteiger partial charge in [0, 0.05) is 37.7 Å². The molecular weight excluding hydrogens is 215 g/mol. The molecule has 0 unspecified atom stereocenters. The first kappa shape index (κ1) is 9.98. The Bertz CT molecular complexity index is 11.6. The van der Waals surface area contributed by atoms with E-state index in [0.717, 1.165) is 0 Å². The summed E-state index contributed by atoms with van der Waals surface area (Å²) < 4.78 is 24.5. The van der Waals surface area contributed by atoms with Crippen LogP contribution in [0.5, 0.6) is 0 Å². The zero-order valence-corrected chi connectivity index (χ0v) is 6.71. The summed E-state index contributed by atoms with van der Waals surface area (Å²) in [7, 11) is 0. The Morgan fingerprint density at radius 3 is 1.40 bits per heavy atom. The van der Waals surface area contributed by atoms with Crippen LogP contribution in [0.2, 0.25) is 0 Å². The Hall–Kier alpha value is 1.87. The maximum absolute atomic E-state index is 8.68. The van der Waals surface area contributed by atoms with Crippen molar-refractivity contribution in [2.24, 2.45) is 0 Å². The van der Waals surface area contributed by atoms with Gasteiger partial charge in [-0.25, -0.2) is 0 Å². The van der Waals surface area contributed by atoms with Crippen molar-refractivity contribution >= 4 is 37.7 Å². The van der Waals surface area contributed by atoms with Gasteiger partial charge in [-0.2, -0.15) is 0 Å². The summed E-state index contributed by atoms with van der Waals surface area (Å²) >= 11 is -3.76. The molecular formula is HCaIO3. The Kier molecular flexibility index (Phi) is 11.7. The van der Waals surface area contributed by atoms with Crippen molar-refractivity contribution in [2.45, 2.75) is 0 Å². The van der Waals surface area contributed by atoms with Crippen LogP contribution in [0.4, 0.5) is 0 Å². The molecule has 0 saturated carbocycles. The summed E-state index contributed by atoms with van der Waals surface area (Å²) in [5.41, 5.74) is 0. The van der Waals surface area contributed by atoms with Crippen LogP contribution in [0.25, 0.3) is 0 Å². The van der Waals surface area contributed by atoms with Crippen LogP contribution < -0.4 is 27.9 Å². The Labute approximate surface area is 68.0 Å². The van der Waals surface area contributed by atoms with Gasteiger partial charge in [0.15, 0.2) is 0 Å². The minimum atomic E-state index is -3.76. The maximum Gasteiger partial charge on any atom is 0.503 e. The second-order valence-electron chi connectivity index (χ2n) is 0.201. The first-order valence-corrected chi connectivity index (χ1v) is 3.20. The molecule has 0 aromatic rings. The summed E-state index contributed by atoms with van der Waals surface area (Å²) in [6.45, 7) is 0. The molecule has 0 heterocycles. The van der Waals surface area contributed by atoms with Gasteiger partial charge in [0.2, 0.25) is 0 Å². The number of rotatable bonds is 0. The number of halogens is 1. The molecule has 0 aromatic carbocycles. The smallest absolute Gasteiger partial charge is 0.396 e. The summed E-state index contributed by atoms with van der Waals surface area (Å²) in [4.78, 5) is 0. The average Bonchev–Trinajstić information content (AvgIpc) is 0.811. The largest absolute Gasteiger partial charge is 0.503 e. The SMILES string of the molecule is [Ca].[O-][I+2]([O-])O. The summed E-state index contributed by atoms with van der Waals surface area (Å²) in [5.74, 6) is 0. The Morgan fingerprint density at radius 1 is 1.40 bits per heavy atom. The van der Waals surface area contributed by atoms with Gasteiger partial charge >= 0.3 is 21.1 Å². The number of hydrogen-bond acceptors (Lipinski definition) is 3. The normalized spacial score (nSPS) is 7.20. The third kappa shape index (κ3) is 25.1. The van der Waals surface area contributed by atoms with Crippen LogP contribution in [-0.4, -0.2) is 41.2 Å². The van der Waals surface area contributed by atoms with Gasteiger partial charge in [0.25, 0.3) is 0 Å². The zero-order chi connectivity index (χ0) is 3.58. The fraction of sp³-hybridized carbons (Fsp3) is 0. The molecule has 0 aliphatic heterocycles. The predicted molar refractivity (Wildman–Crippen MR) is 7.97 cm³/mol. The molecule has 0 rings (SSSR count). The molecule has 0 amide bonds. The Balaban J connectivity index is 0. The van der Waals surface area contributed by atoms with Gasteiger partial charge in [-0.05, 0) is 3.44 Å². The van der Waals surface area contributed by atoms with Crippen LogP contribution in [0.3, 0.4) is 0 Å². The molecule has 0 aromatic heterocycles. The minimum Gasteiger partial charge on any atom is -0.396 e. The van der Waals surface area contributed by atoms with Crippen LogP contribution in [0, 0.1) is 0 Å². The molecule has 1 N–H and O–H groups in total. The van der Waals surface area contributed by atoms with E-state index in [0.29, 0.717) is 0 Å². The van der Waals surface area contributed by atoms with Crippen molar-refractivity contribution in [1.29, 1.82) is 0 Å². The van der Waals surface area contributed by atoms with E-state index in [1.807, 2.05) is 0 Å². The van der Waals surface area contributed by atoms with E-state index >= 15 is 0 Å². The van der Waals surface area contributed by atoms with E-state index in [9.17, 15) is 0 Å². The molecule has 0 saturated heterocycles. The van der Waals surface area contributed by atoms with Crippen molar-refractivity contribution in [2.75, 3.05) is 0 Å². The molecule has 3 nitrogen and oxygen atoms in total. The maximum atomic E-state index is 8.68. The quantitative estimate of drug-likeness (QED) is 0.323. The standard InChI is InChI=1S/Ca.HIO3/c;2-1(3)4/h;2H. The first-order chi connectivity index (χ1) is 1.73. The Morgan fingerprint density at radius 2 is 1.40 bits per heavy atom. The molecule has 5 heavy (non-hydrogen) atoms. The third-order valence-corrected chi connectivity index (χ3v) is 0. The summed E-state index contributed by atoms with van der Waals surface area (Å²) in [6, 6.07) is 0. The van der Waals surface area contributed by atoms with Gasteiger partial charge < -0.3 is 6.87 Å². The molecule has 0 spiro atoms. The summed E-state index contributed by atoms with van der Waals surface area (Å²) in [6.07, 6.45) is 0. The van der Waals surface area contributed by atoms with Crippen LogP contribution in [-0.2, 0) is 0 Å². The van der Waals surface area contributed by atoms with Gasteiger partial charge in [-0.15, -0.1) is 0 Å². The van der Waals surface area contributed by atoms with Crippen molar-refractivity contribution in [3.63, 3.8) is 0 Å². The van der Waals surface area contributed by atoms with Crippen molar-refractivity contribution in [1.82, 2.24) is 0 Å². The van der Waals surface area contributed by atoms with E-state index in [-0.39, 0.29) is 37.7 Å².